The van der Waals surface area contributed by atoms with Crippen LogP contribution in [-0.2, 0) is 10.3 Å². The summed E-state index contributed by atoms with van der Waals surface area (Å²) in [6.07, 6.45) is 6.05. The first-order valence-corrected chi connectivity index (χ1v) is 11.0. The number of anilines is 1. The van der Waals surface area contributed by atoms with Crippen molar-refractivity contribution in [2.24, 2.45) is 5.10 Å². The van der Waals surface area contributed by atoms with Gasteiger partial charge in [0.25, 0.3) is 5.91 Å². The van der Waals surface area contributed by atoms with E-state index in [-0.39, 0.29) is 17.9 Å². The molecule has 1 fully saturated rings. The number of carbonyl (C=O) groups excluding carboxylic acids is 2. The molecule has 1 aromatic carbocycles. The van der Waals surface area contributed by atoms with Crippen LogP contribution < -0.4 is 9.75 Å². The van der Waals surface area contributed by atoms with Gasteiger partial charge < -0.3 is 14.4 Å². The molecule has 0 bridgehead atoms. The van der Waals surface area contributed by atoms with Gasteiger partial charge in [-0.2, -0.15) is 5.10 Å². The zero-order valence-electron chi connectivity index (χ0n) is 19.2. The predicted octanol–water partition coefficient (Wildman–Crippen LogP) is 3.78. The smallest absolute Gasteiger partial charge is 0.344 e. The summed E-state index contributed by atoms with van der Waals surface area (Å²) < 4.78 is 11.6. The van der Waals surface area contributed by atoms with Crippen molar-refractivity contribution in [3.05, 3.63) is 65.9 Å². The van der Waals surface area contributed by atoms with E-state index in [1.54, 1.807) is 47.6 Å². The normalized spacial score (nSPS) is 19.2. The van der Waals surface area contributed by atoms with E-state index in [0.717, 1.165) is 18.4 Å². The molecule has 1 unspecified atom stereocenters. The Hall–Kier alpha value is -3.68. The fourth-order valence-electron chi connectivity index (χ4n) is 4.26. The minimum Gasteiger partial charge on any atom is -0.472 e. The van der Waals surface area contributed by atoms with Gasteiger partial charge in [-0.1, -0.05) is 18.7 Å². The second kappa shape index (κ2) is 9.05. The van der Waals surface area contributed by atoms with Gasteiger partial charge in [-0.25, -0.2) is 9.78 Å². The number of hydrogen-bond donors (Lipinski definition) is 0. The third kappa shape index (κ3) is 4.46. The minimum absolute atomic E-state index is 0.0913. The number of ether oxygens (including phenoxy) is 2. The molecule has 33 heavy (non-hydrogen) atoms. The maximum Gasteiger partial charge on any atom is 0.344 e. The van der Waals surface area contributed by atoms with E-state index < -0.39 is 11.6 Å². The summed E-state index contributed by atoms with van der Waals surface area (Å²) in [5, 5.41) is 5.92. The number of para-hydroxylation sites is 1. The average Bonchev–Trinajstić information content (AvgIpc) is 3.06. The molecular weight excluding hydrogens is 420 g/mol. The highest BCUT2D eigenvalue weighted by atomic mass is 16.6. The molecule has 0 aliphatic carbocycles. The van der Waals surface area contributed by atoms with Crippen LogP contribution in [0.2, 0.25) is 0 Å². The van der Waals surface area contributed by atoms with Crippen molar-refractivity contribution in [1.82, 2.24) is 9.88 Å². The number of aromatic nitrogens is 1. The summed E-state index contributed by atoms with van der Waals surface area (Å²) >= 11 is 0. The molecule has 0 saturated carbocycles. The molecule has 1 aromatic heterocycles. The first kappa shape index (κ1) is 22.5. The number of amides is 1. The number of hydrazone groups is 1. The lowest BCUT2D eigenvalue weighted by Crippen LogP contribution is -2.44. The van der Waals surface area contributed by atoms with E-state index in [0.29, 0.717) is 29.9 Å². The maximum absolute atomic E-state index is 13.4. The van der Waals surface area contributed by atoms with E-state index in [9.17, 15) is 9.59 Å². The standard InChI is InChI=1S/C25H28N4O4/c1-5-13-27-28(4)20-11-7-6-10-18(20)23(30)29-15-8-9-17(16-29)32-22-21-19(12-14-26-22)25(2,3)33-24(21)31/h5-7,10-14,17H,1,8-9,15-16H2,2-4H3/b27-13-. The van der Waals surface area contributed by atoms with Crippen LogP contribution in [0, 0.1) is 0 Å². The van der Waals surface area contributed by atoms with Crippen molar-refractivity contribution in [2.75, 3.05) is 25.1 Å². The van der Waals surface area contributed by atoms with Gasteiger partial charge >= 0.3 is 5.97 Å². The van der Waals surface area contributed by atoms with Gasteiger partial charge in [0.2, 0.25) is 5.88 Å². The van der Waals surface area contributed by atoms with Crippen LogP contribution in [-0.4, -0.2) is 54.2 Å². The number of cyclic esters (lactones) is 1. The van der Waals surface area contributed by atoms with Crippen molar-refractivity contribution in [1.29, 1.82) is 0 Å². The zero-order chi connectivity index (χ0) is 23.6. The van der Waals surface area contributed by atoms with E-state index >= 15 is 0 Å². The number of piperidine rings is 1. The fourth-order valence-corrected chi connectivity index (χ4v) is 4.26. The highest BCUT2D eigenvalue weighted by molar-refractivity contribution is 6.00. The molecule has 8 nitrogen and oxygen atoms in total. The maximum atomic E-state index is 13.4. The number of carbonyl (C=O) groups is 2. The van der Waals surface area contributed by atoms with Crippen LogP contribution >= 0.6 is 0 Å². The Morgan fingerprint density at radius 3 is 2.94 bits per heavy atom. The number of pyridine rings is 1. The van der Waals surface area contributed by atoms with Crippen LogP contribution in [0.15, 0.2) is 54.3 Å². The van der Waals surface area contributed by atoms with Crippen LogP contribution in [0.25, 0.3) is 0 Å². The number of nitrogens with zero attached hydrogens (tertiary/aromatic N) is 4. The molecule has 172 valence electrons. The first-order valence-electron chi connectivity index (χ1n) is 11.0. The Morgan fingerprint density at radius 1 is 1.36 bits per heavy atom. The van der Waals surface area contributed by atoms with Crippen LogP contribution in [0.1, 0.15) is 53.0 Å². The molecule has 8 heteroatoms. The monoisotopic (exact) mass is 448 g/mol. The Balaban J connectivity index is 1.53. The lowest BCUT2D eigenvalue weighted by molar-refractivity contribution is 0.00921. The van der Waals surface area contributed by atoms with E-state index in [2.05, 4.69) is 16.7 Å². The molecule has 2 aliphatic heterocycles. The quantitative estimate of drug-likeness (QED) is 0.380. The Morgan fingerprint density at radius 2 is 2.15 bits per heavy atom. The van der Waals surface area contributed by atoms with Crippen LogP contribution in [0.4, 0.5) is 5.69 Å². The lowest BCUT2D eigenvalue weighted by Gasteiger charge is -2.33. The van der Waals surface area contributed by atoms with Crippen LogP contribution in [0.5, 0.6) is 5.88 Å². The summed E-state index contributed by atoms with van der Waals surface area (Å²) in [5.74, 6) is -0.258. The molecule has 1 saturated heterocycles. The summed E-state index contributed by atoms with van der Waals surface area (Å²) in [6, 6.07) is 9.15. The number of fused-ring (bicyclic) bond motifs is 1. The van der Waals surface area contributed by atoms with Gasteiger partial charge in [-0.05, 0) is 51.0 Å². The largest absolute Gasteiger partial charge is 0.472 e. The number of likely N-dealkylation sites (tertiary alicyclic amines) is 1. The SMILES string of the molecule is C=C/C=N\N(C)c1ccccc1C(=O)N1CCCC(Oc2nccc3c2C(=O)OC3(C)C)C1. The highest BCUT2D eigenvalue weighted by Crippen LogP contribution is 2.39. The number of benzene rings is 1. The van der Waals surface area contributed by atoms with E-state index in [1.165, 1.54) is 0 Å². The van der Waals surface area contributed by atoms with Crippen molar-refractivity contribution < 1.29 is 19.1 Å². The van der Waals surface area contributed by atoms with Crippen molar-refractivity contribution in [2.45, 2.75) is 38.4 Å². The van der Waals surface area contributed by atoms with Gasteiger partial charge in [-0.3, -0.25) is 9.80 Å². The third-order valence-electron chi connectivity index (χ3n) is 5.89. The lowest BCUT2D eigenvalue weighted by atomic mass is 9.97. The van der Waals surface area contributed by atoms with Crippen molar-refractivity contribution in [3.63, 3.8) is 0 Å². The molecule has 0 N–H and O–H groups in total. The topological polar surface area (TPSA) is 84.3 Å². The first-order chi connectivity index (χ1) is 15.8. The average molecular weight is 449 g/mol. The summed E-state index contributed by atoms with van der Waals surface area (Å²) in [5.41, 5.74) is 1.68. The molecule has 3 heterocycles. The van der Waals surface area contributed by atoms with Crippen molar-refractivity contribution >= 4 is 23.8 Å². The molecular formula is C25H28N4O4. The van der Waals surface area contributed by atoms with Gasteiger partial charge in [0.05, 0.1) is 17.8 Å². The molecule has 1 atom stereocenters. The Kier molecular flexibility index (Phi) is 6.18. The van der Waals surface area contributed by atoms with Gasteiger partial charge in [0.15, 0.2) is 0 Å². The minimum atomic E-state index is -0.716. The molecule has 0 radical (unpaired) electrons. The predicted molar refractivity (Wildman–Crippen MR) is 126 cm³/mol. The Labute approximate surface area is 193 Å². The van der Waals surface area contributed by atoms with Gasteiger partial charge in [0.1, 0.15) is 17.3 Å². The van der Waals surface area contributed by atoms with Crippen molar-refractivity contribution in [3.8, 4) is 5.88 Å². The fraction of sp³-hybridized carbons (Fsp3) is 0.360. The number of esters is 1. The van der Waals surface area contributed by atoms with E-state index in [4.69, 9.17) is 9.47 Å². The van der Waals surface area contributed by atoms with Crippen LogP contribution in [0.3, 0.4) is 0 Å². The van der Waals surface area contributed by atoms with E-state index in [1.807, 2.05) is 32.0 Å². The second-order valence-electron chi connectivity index (χ2n) is 8.61. The summed E-state index contributed by atoms with van der Waals surface area (Å²) in [4.78, 5) is 31.9. The molecule has 1 amide bonds. The highest BCUT2D eigenvalue weighted by Gasteiger charge is 2.41. The molecule has 2 aliphatic rings. The molecule has 2 aromatic rings. The number of hydrogen-bond acceptors (Lipinski definition) is 7. The number of rotatable bonds is 6. The zero-order valence-corrected chi connectivity index (χ0v) is 19.2. The summed E-state index contributed by atoms with van der Waals surface area (Å²) in [6.45, 7) is 8.35. The molecule has 0 spiro atoms. The van der Waals surface area contributed by atoms with Gasteiger partial charge in [0, 0.05) is 31.6 Å². The Bertz CT molecular complexity index is 1110. The number of allylic oxidation sites excluding steroid dienone is 1. The van der Waals surface area contributed by atoms with Gasteiger partial charge in [-0.15, -0.1) is 0 Å². The summed E-state index contributed by atoms with van der Waals surface area (Å²) in [7, 11) is 1.79. The third-order valence-corrected chi connectivity index (χ3v) is 5.89. The molecule has 4 rings (SSSR count). The second-order valence-corrected chi connectivity index (χ2v) is 8.61.